The second-order valence-corrected chi connectivity index (χ2v) is 5.20. The third-order valence-electron chi connectivity index (χ3n) is 1.76. The van der Waals surface area contributed by atoms with Gasteiger partial charge in [-0.1, -0.05) is 23.2 Å². The fourth-order valence-corrected chi connectivity index (χ4v) is 2.59. The molecular weight excluding hydrogens is 293 g/mol. The number of rotatable bonds is 4. The van der Waals surface area contributed by atoms with E-state index in [1.165, 1.54) is 11.3 Å². The second kappa shape index (κ2) is 7.35. The summed E-state index contributed by atoms with van der Waals surface area (Å²) >= 11 is 12.9. The summed E-state index contributed by atoms with van der Waals surface area (Å²) in [4.78, 5) is 11.2. The van der Waals surface area contributed by atoms with E-state index in [9.17, 15) is 4.79 Å². The van der Waals surface area contributed by atoms with Gasteiger partial charge >= 0.3 is 5.97 Å². The van der Waals surface area contributed by atoms with Gasteiger partial charge in [0.2, 0.25) is 0 Å². The maximum absolute atomic E-state index is 11.2. The van der Waals surface area contributed by atoms with Crippen LogP contribution in [0.1, 0.15) is 12.5 Å². The van der Waals surface area contributed by atoms with Crippen LogP contribution in [0.4, 0.5) is 0 Å². The minimum absolute atomic E-state index is 0. The highest BCUT2D eigenvalue weighted by molar-refractivity contribution is 7.20. The van der Waals surface area contributed by atoms with E-state index in [0.717, 1.165) is 5.56 Å². The summed E-state index contributed by atoms with van der Waals surface area (Å²) in [5.74, 6) is -0.420. The molecule has 0 aliphatic rings. The molecule has 0 aliphatic heterocycles. The molecule has 0 aliphatic carbocycles. The van der Waals surface area contributed by atoms with Crippen molar-refractivity contribution in [3.63, 3.8) is 0 Å². The van der Waals surface area contributed by atoms with Crippen molar-refractivity contribution in [1.29, 1.82) is 0 Å². The average Bonchev–Trinajstić information content (AvgIpc) is 2.45. The number of carbonyl (C=O) groups excluding carboxylic acids is 1. The summed E-state index contributed by atoms with van der Waals surface area (Å²) in [5, 5.41) is 0. The summed E-state index contributed by atoms with van der Waals surface area (Å²) in [7, 11) is 0. The molecule has 0 radical (unpaired) electrons. The van der Waals surface area contributed by atoms with Gasteiger partial charge in [0.15, 0.2) is 0 Å². The third kappa shape index (κ3) is 4.47. The molecule has 1 aromatic rings. The smallest absolute Gasteiger partial charge is 0.323 e. The van der Waals surface area contributed by atoms with Crippen LogP contribution in [-0.4, -0.2) is 18.6 Å². The molecule has 1 rings (SSSR count). The number of esters is 1. The minimum Gasteiger partial charge on any atom is -0.465 e. The Morgan fingerprint density at radius 1 is 1.62 bits per heavy atom. The molecule has 1 unspecified atom stereocenters. The Hall–Kier alpha value is -0.000000000000000222. The van der Waals surface area contributed by atoms with E-state index in [2.05, 4.69) is 0 Å². The van der Waals surface area contributed by atoms with Crippen LogP contribution >= 0.6 is 46.9 Å². The summed E-state index contributed by atoms with van der Waals surface area (Å²) in [6, 6.07) is 1.03. The van der Waals surface area contributed by atoms with Crippen molar-refractivity contribution in [1.82, 2.24) is 0 Å². The van der Waals surface area contributed by atoms with Gasteiger partial charge in [-0.3, -0.25) is 4.79 Å². The van der Waals surface area contributed by atoms with Crippen molar-refractivity contribution in [2.75, 3.05) is 6.61 Å². The van der Waals surface area contributed by atoms with E-state index in [0.29, 0.717) is 21.7 Å². The summed E-state index contributed by atoms with van der Waals surface area (Å²) in [5.41, 5.74) is 6.43. The minimum atomic E-state index is -0.687. The van der Waals surface area contributed by atoms with Gasteiger partial charge in [0.25, 0.3) is 0 Å². The Labute approximate surface area is 114 Å². The Morgan fingerprint density at radius 2 is 2.25 bits per heavy atom. The molecule has 0 amide bonds. The zero-order chi connectivity index (χ0) is 11.4. The lowest BCUT2D eigenvalue weighted by atomic mass is 10.1. The number of ether oxygens (including phenoxy) is 1. The first-order valence-corrected chi connectivity index (χ1v) is 5.97. The molecule has 1 aromatic heterocycles. The number of hydrogen-bond acceptors (Lipinski definition) is 4. The molecule has 0 saturated carbocycles. The van der Waals surface area contributed by atoms with Crippen LogP contribution < -0.4 is 5.73 Å². The topological polar surface area (TPSA) is 52.3 Å². The predicted molar refractivity (Wildman–Crippen MR) is 69.9 cm³/mol. The van der Waals surface area contributed by atoms with Crippen molar-refractivity contribution in [3.8, 4) is 0 Å². The summed E-state index contributed by atoms with van der Waals surface area (Å²) < 4.78 is 5.94. The number of carbonyl (C=O) groups is 1. The monoisotopic (exact) mass is 303 g/mol. The van der Waals surface area contributed by atoms with Crippen molar-refractivity contribution < 1.29 is 9.53 Å². The molecule has 1 atom stereocenters. The van der Waals surface area contributed by atoms with Crippen LogP contribution in [0.15, 0.2) is 6.07 Å². The summed E-state index contributed by atoms with van der Waals surface area (Å²) in [6.45, 7) is 2.06. The molecule has 0 spiro atoms. The standard InChI is InChI=1S/C9H11Cl2NO2S.ClH/c1-2-14-9(13)6(12)3-5-4-7(10)15-8(5)11;/h4,6H,2-3,12H2,1H3;1H. The maximum atomic E-state index is 11.2. The number of hydrogen-bond donors (Lipinski definition) is 1. The Morgan fingerprint density at radius 3 is 2.69 bits per heavy atom. The van der Waals surface area contributed by atoms with Crippen molar-refractivity contribution in [2.45, 2.75) is 19.4 Å². The average molecular weight is 305 g/mol. The molecule has 0 aromatic carbocycles. The first kappa shape index (κ1) is 16.0. The molecule has 92 valence electrons. The normalized spacial score (nSPS) is 11.8. The van der Waals surface area contributed by atoms with Gasteiger partial charge in [-0.2, -0.15) is 0 Å². The van der Waals surface area contributed by atoms with E-state index in [1.807, 2.05) is 0 Å². The van der Waals surface area contributed by atoms with Gasteiger partial charge in [0.1, 0.15) is 6.04 Å². The Balaban J connectivity index is 0.00000225. The fourth-order valence-electron chi connectivity index (χ4n) is 1.08. The van der Waals surface area contributed by atoms with Crippen molar-refractivity contribution >= 4 is 52.9 Å². The molecule has 2 N–H and O–H groups in total. The number of halogens is 3. The molecule has 0 saturated heterocycles. The van der Waals surface area contributed by atoms with Gasteiger partial charge < -0.3 is 10.5 Å². The van der Waals surface area contributed by atoms with E-state index in [1.54, 1.807) is 13.0 Å². The Bertz CT molecular complexity index is 357. The highest BCUT2D eigenvalue weighted by Crippen LogP contribution is 2.31. The third-order valence-corrected chi connectivity index (χ3v) is 3.33. The van der Waals surface area contributed by atoms with Crippen LogP contribution in [-0.2, 0) is 16.0 Å². The Kier molecular flexibility index (Phi) is 7.35. The van der Waals surface area contributed by atoms with Crippen molar-refractivity contribution in [2.24, 2.45) is 5.73 Å². The van der Waals surface area contributed by atoms with Crippen LogP contribution in [0.2, 0.25) is 8.67 Å². The van der Waals surface area contributed by atoms with E-state index < -0.39 is 12.0 Å². The van der Waals surface area contributed by atoms with Crippen LogP contribution in [0.3, 0.4) is 0 Å². The largest absolute Gasteiger partial charge is 0.465 e. The highest BCUT2D eigenvalue weighted by atomic mass is 35.5. The van der Waals surface area contributed by atoms with Crippen LogP contribution in [0.25, 0.3) is 0 Å². The van der Waals surface area contributed by atoms with E-state index in [4.69, 9.17) is 33.7 Å². The van der Waals surface area contributed by atoms with Crippen molar-refractivity contribution in [3.05, 3.63) is 20.3 Å². The number of thiophene rings is 1. The van der Waals surface area contributed by atoms with Crippen LogP contribution in [0.5, 0.6) is 0 Å². The van der Waals surface area contributed by atoms with E-state index >= 15 is 0 Å². The molecule has 16 heavy (non-hydrogen) atoms. The molecule has 3 nitrogen and oxygen atoms in total. The maximum Gasteiger partial charge on any atom is 0.323 e. The molecular formula is C9H12Cl3NO2S. The van der Waals surface area contributed by atoms with Crippen LogP contribution in [0, 0.1) is 0 Å². The lowest BCUT2D eigenvalue weighted by Crippen LogP contribution is -2.34. The lowest BCUT2D eigenvalue weighted by Gasteiger charge is -2.09. The molecule has 7 heteroatoms. The summed E-state index contributed by atoms with van der Waals surface area (Å²) in [6.07, 6.45) is 0.348. The highest BCUT2D eigenvalue weighted by Gasteiger charge is 2.17. The second-order valence-electron chi connectivity index (χ2n) is 2.91. The zero-order valence-electron chi connectivity index (χ0n) is 8.54. The molecule has 1 heterocycles. The zero-order valence-corrected chi connectivity index (χ0v) is 11.7. The lowest BCUT2D eigenvalue weighted by molar-refractivity contribution is -0.144. The predicted octanol–water partition coefficient (Wildman–Crippen LogP) is 2.91. The van der Waals surface area contributed by atoms with E-state index in [-0.39, 0.29) is 12.4 Å². The van der Waals surface area contributed by atoms with Gasteiger partial charge in [-0.15, -0.1) is 23.7 Å². The first-order chi connectivity index (χ1) is 7.04. The van der Waals surface area contributed by atoms with Gasteiger partial charge in [-0.25, -0.2) is 0 Å². The quantitative estimate of drug-likeness (QED) is 0.870. The number of nitrogens with two attached hydrogens (primary N) is 1. The van der Waals surface area contributed by atoms with Gasteiger partial charge in [0, 0.05) is 6.42 Å². The SMILES string of the molecule is CCOC(=O)C(N)Cc1cc(Cl)sc1Cl.Cl. The fraction of sp³-hybridized carbons (Fsp3) is 0.444. The molecule has 0 fully saturated rings. The van der Waals surface area contributed by atoms with Gasteiger partial charge in [0.05, 0.1) is 15.3 Å². The van der Waals surface area contributed by atoms with Gasteiger partial charge in [-0.05, 0) is 18.6 Å². The first-order valence-electron chi connectivity index (χ1n) is 4.40. The molecule has 0 bridgehead atoms.